The molecule has 0 heterocycles. The maximum absolute atomic E-state index is 13.5. The first-order valence-electron chi connectivity index (χ1n) is 6.94. The molecule has 0 aliphatic carbocycles. The van der Waals surface area contributed by atoms with Gasteiger partial charge in [0.15, 0.2) is 0 Å². The summed E-state index contributed by atoms with van der Waals surface area (Å²) in [4.78, 5) is 11.9. The second-order valence-corrected chi connectivity index (χ2v) is 4.91. The third-order valence-corrected chi connectivity index (χ3v) is 2.97. The van der Waals surface area contributed by atoms with Crippen LogP contribution in [0.2, 0.25) is 0 Å². The Morgan fingerprint density at radius 3 is 2.83 bits per heavy atom. The summed E-state index contributed by atoms with van der Waals surface area (Å²) < 4.78 is 19.1. The van der Waals surface area contributed by atoms with Crippen LogP contribution in [0.4, 0.5) is 4.39 Å². The summed E-state index contributed by atoms with van der Waals surface area (Å²) in [7, 11) is 0. The van der Waals surface area contributed by atoms with Gasteiger partial charge in [0.2, 0.25) is 0 Å². The van der Waals surface area contributed by atoms with Crippen molar-refractivity contribution in [3.63, 3.8) is 0 Å². The number of nitrogens with zero attached hydrogens (tertiary/aromatic N) is 1. The molecule has 2 rings (SSSR count). The summed E-state index contributed by atoms with van der Waals surface area (Å²) in [5.41, 5.74) is 0.134. The highest BCUT2D eigenvalue weighted by Gasteiger charge is 2.12. The minimum absolute atomic E-state index is 0.0778. The molecule has 1 amide bonds. The number of rotatable bonds is 5. The summed E-state index contributed by atoms with van der Waals surface area (Å²) >= 11 is 0. The molecular weight excluding hydrogens is 299 g/mol. The van der Waals surface area contributed by atoms with Gasteiger partial charge in [0.1, 0.15) is 28.9 Å². The van der Waals surface area contributed by atoms with Crippen LogP contribution in [0.15, 0.2) is 42.5 Å². The smallest absolute Gasteiger partial charge is 0.251 e. The predicted octanol–water partition coefficient (Wildman–Crippen LogP) is 2.60. The lowest BCUT2D eigenvalue weighted by Gasteiger charge is -2.10. The first-order chi connectivity index (χ1) is 11.0. The van der Waals surface area contributed by atoms with E-state index in [1.54, 1.807) is 31.2 Å². The molecule has 2 aromatic rings. The van der Waals surface area contributed by atoms with Gasteiger partial charge in [-0.2, -0.15) is 5.26 Å². The molecule has 1 atom stereocenters. The molecule has 0 spiro atoms. The third-order valence-electron chi connectivity index (χ3n) is 2.97. The Bertz CT molecular complexity index is 754. The zero-order valence-electron chi connectivity index (χ0n) is 12.4. The van der Waals surface area contributed by atoms with Crippen LogP contribution in [0, 0.1) is 17.1 Å². The number of ether oxygens (including phenoxy) is 1. The molecule has 2 N–H and O–H groups in total. The molecule has 0 radical (unpaired) electrons. The maximum atomic E-state index is 13.5. The number of carbonyl (C=O) groups is 1. The number of nitriles is 1. The maximum Gasteiger partial charge on any atom is 0.251 e. The van der Waals surface area contributed by atoms with Crippen LogP contribution in [0.1, 0.15) is 22.8 Å². The average Bonchev–Trinajstić information content (AvgIpc) is 2.53. The van der Waals surface area contributed by atoms with E-state index in [1.807, 2.05) is 0 Å². The molecule has 0 saturated heterocycles. The van der Waals surface area contributed by atoms with Crippen molar-refractivity contribution in [3.8, 4) is 17.6 Å². The fourth-order valence-corrected chi connectivity index (χ4v) is 1.87. The summed E-state index contributed by atoms with van der Waals surface area (Å²) in [5, 5.41) is 20.7. The van der Waals surface area contributed by atoms with Crippen molar-refractivity contribution in [3.05, 3.63) is 59.4 Å². The van der Waals surface area contributed by atoms with Gasteiger partial charge in [-0.3, -0.25) is 4.79 Å². The van der Waals surface area contributed by atoms with Gasteiger partial charge in [-0.15, -0.1) is 0 Å². The van der Waals surface area contributed by atoms with E-state index in [0.29, 0.717) is 11.3 Å². The van der Waals surface area contributed by atoms with Gasteiger partial charge in [-0.05, 0) is 37.3 Å². The topological polar surface area (TPSA) is 82.3 Å². The Balaban J connectivity index is 2.20. The standard InChI is InChI=1S/C17H15FN2O3/c1-11(21)10-20-17(22)12-4-2-5-13(8-12)23-16-7-3-6-15(18)14(16)9-19/h2-8,11,21H,10H2,1H3,(H,20,22). The molecule has 1 unspecified atom stereocenters. The fourth-order valence-electron chi connectivity index (χ4n) is 1.87. The molecule has 0 bridgehead atoms. The summed E-state index contributed by atoms with van der Waals surface area (Å²) in [6.07, 6.45) is -0.649. The van der Waals surface area contributed by atoms with Crippen LogP contribution in [0.3, 0.4) is 0 Å². The molecule has 0 aliphatic heterocycles. The lowest BCUT2D eigenvalue weighted by atomic mass is 10.2. The van der Waals surface area contributed by atoms with Crippen molar-refractivity contribution < 1.29 is 19.0 Å². The van der Waals surface area contributed by atoms with E-state index in [4.69, 9.17) is 10.00 Å². The van der Waals surface area contributed by atoms with Crippen molar-refractivity contribution in [2.24, 2.45) is 0 Å². The Kier molecular flexibility index (Phi) is 5.28. The van der Waals surface area contributed by atoms with Gasteiger partial charge < -0.3 is 15.2 Å². The number of nitrogens with one attached hydrogen (secondary N) is 1. The van der Waals surface area contributed by atoms with Crippen molar-refractivity contribution in [1.29, 1.82) is 5.26 Å². The second kappa shape index (κ2) is 7.38. The predicted molar refractivity (Wildman–Crippen MR) is 81.6 cm³/mol. The third kappa shape index (κ3) is 4.28. The highest BCUT2D eigenvalue weighted by molar-refractivity contribution is 5.94. The number of benzene rings is 2. The Morgan fingerprint density at radius 2 is 2.13 bits per heavy atom. The Hall–Kier alpha value is -2.91. The molecule has 5 nitrogen and oxygen atoms in total. The van der Waals surface area contributed by atoms with E-state index in [1.165, 1.54) is 24.3 Å². The largest absolute Gasteiger partial charge is 0.456 e. The van der Waals surface area contributed by atoms with Crippen LogP contribution in [0.25, 0.3) is 0 Å². The molecule has 6 heteroatoms. The minimum Gasteiger partial charge on any atom is -0.456 e. The Morgan fingerprint density at radius 1 is 1.39 bits per heavy atom. The normalized spacial score (nSPS) is 11.4. The van der Waals surface area contributed by atoms with Crippen LogP contribution >= 0.6 is 0 Å². The quantitative estimate of drug-likeness (QED) is 0.888. The molecule has 0 aliphatic rings. The van der Waals surface area contributed by atoms with Crippen LogP contribution in [-0.2, 0) is 0 Å². The minimum atomic E-state index is -0.671. The monoisotopic (exact) mass is 314 g/mol. The molecule has 118 valence electrons. The van der Waals surface area contributed by atoms with E-state index in [2.05, 4.69) is 5.32 Å². The number of amides is 1. The first kappa shape index (κ1) is 16.5. The molecular formula is C17H15FN2O3. The number of aliphatic hydroxyl groups excluding tert-OH is 1. The van der Waals surface area contributed by atoms with Crippen molar-refractivity contribution in [1.82, 2.24) is 5.32 Å². The van der Waals surface area contributed by atoms with Crippen LogP contribution in [0.5, 0.6) is 11.5 Å². The van der Waals surface area contributed by atoms with Gasteiger partial charge in [-0.25, -0.2) is 4.39 Å². The highest BCUT2D eigenvalue weighted by Crippen LogP contribution is 2.27. The molecule has 23 heavy (non-hydrogen) atoms. The SMILES string of the molecule is CC(O)CNC(=O)c1cccc(Oc2cccc(F)c2C#N)c1. The molecule has 0 saturated carbocycles. The van der Waals surface area contributed by atoms with E-state index >= 15 is 0 Å². The summed E-state index contributed by atoms with van der Waals surface area (Å²) in [5.74, 6) is -0.655. The molecule has 2 aromatic carbocycles. The summed E-state index contributed by atoms with van der Waals surface area (Å²) in [6, 6.07) is 12.1. The van der Waals surface area contributed by atoms with Gasteiger partial charge in [0.25, 0.3) is 5.91 Å². The molecule has 0 fully saturated rings. The highest BCUT2D eigenvalue weighted by atomic mass is 19.1. The van der Waals surface area contributed by atoms with Gasteiger partial charge >= 0.3 is 0 Å². The average molecular weight is 314 g/mol. The number of hydrogen-bond donors (Lipinski definition) is 2. The van der Waals surface area contributed by atoms with Crippen molar-refractivity contribution in [2.75, 3.05) is 6.54 Å². The van der Waals surface area contributed by atoms with Gasteiger partial charge in [0.05, 0.1) is 6.10 Å². The number of aliphatic hydroxyl groups is 1. The van der Waals surface area contributed by atoms with E-state index in [9.17, 15) is 14.3 Å². The summed E-state index contributed by atoms with van der Waals surface area (Å²) in [6.45, 7) is 1.69. The zero-order chi connectivity index (χ0) is 16.8. The first-order valence-corrected chi connectivity index (χ1v) is 6.94. The second-order valence-electron chi connectivity index (χ2n) is 4.91. The van der Waals surface area contributed by atoms with Crippen molar-refractivity contribution in [2.45, 2.75) is 13.0 Å². The lowest BCUT2D eigenvalue weighted by molar-refractivity contribution is 0.0923. The van der Waals surface area contributed by atoms with Crippen LogP contribution < -0.4 is 10.1 Å². The van der Waals surface area contributed by atoms with Gasteiger partial charge in [-0.1, -0.05) is 12.1 Å². The number of halogens is 1. The van der Waals surface area contributed by atoms with Crippen LogP contribution in [-0.4, -0.2) is 23.7 Å². The Labute approximate surface area is 132 Å². The fraction of sp³-hybridized carbons (Fsp3) is 0.176. The number of hydrogen-bond acceptors (Lipinski definition) is 4. The number of carbonyl (C=O) groups excluding carboxylic acids is 1. The zero-order valence-corrected chi connectivity index (χ0v) is 12.4. The van der Waals surface area contributed by atoms with E-state index < -0.39 is 11.9 Å². The lowest BCUT2D eigenvalue weighted by Crippen LogP contribution is -2.30. The van der Waals surface area contributed by atoms with Crippen molar-refractivity contribution >= 4 is 5.91 Å². The molecule has 0 aromatic heterocycles. The van der Waals surface area contributed by atoms with E-state index in [-0.39, 0.29) is 23.8 Å². The van der Waals surface area contributed by atoms with E-state index in [0.717, 1.165) is 0 Å². The van der Waals surface area contributed by atoms with Gasteiger partial charge in [0, 0.05) is 12.1 Å².